The number of aromatic nitrogens is 2. The van der Waals surface area contributed by atoms with E-state index in [0.29, 0.717) is 23.0 Å². The molecule has 0 spiro atoms. The minimum absolute atomic E-state index is 0.237. The highest BCUT2D eigenvalue weighted by Gasteiger charge is 2.16. The maximum absolute atomic E-state index is 10.5. The van der Waals surface area contributed by atoms with Gasteiger partial charge in [0.1, 0.15) is 6.10 Å². The van der Waals surface area contributed by atoms with Gasteiger partial charge in [-0.2, -0.15) is 5.10 Å². The zero-order chi connectivity index (χ0) is 20.0. The van der Waals surface area contributed by atoms with Crippen LogP contribution in [0.3, 0.4) is 0 Å². The first-order valence-corrected chi connectivity index (χ1v) is 9.65. The third kappa shape index (κ3) is 5.71. The van der Waals surface area contributed by atoms with Gasteiger partial charge in [-0.3, -0.25) is 9.67 Å². The predicted octanol–water partition coefficient (Wildman–Crippen LogP) is 3.33. The number of nitrogens with one attached hydrogen (secondary N) is 1. The van der Waals surface area contributed by atoms with E-state index in [4.69, 9.17) is 11.6 Å². The minimum atomic E-state index is -0.745. The molecular weight excluding hydrogens is 362 g/mol. The molecule has 1 heterocycles. The third-order valence-electron chi connectivity index (χ3n) is 4.27. The molecule has 0 bridgehead atoms. The van der Waals surface area contributed by atoms with Gasteiger partial charge in [0.2, 0.25) is 0 Å². The lowest BCUT2D eigenvalue weighted by atomic mass is 10.1. The van der Waals surface area contributed by atoms with Crippen molar-refractivity contribution in [1.29, 1.82) is 0 Å². The molecule has 0 saturated carbocycles. The summed E-state index contributed by atoms with van der Waals surface area (Å²) in [5.41, 5.74) is 2.96. The van der Waals surface area contributed by atoms with Crippen LogP contribution in [-0.4, -0.2) is 45.9 Å². The highest BCUT2D eigenvalue weighted by molar-refractivity contribution is 6.31. The number of aryl methyl sites for hydroxylation is 1. The van der Waals surface area contributed by atoms with E-state index >= 15 is 0 Å². The Morgan fingerprint density at radius 1 is 1.37 bits per heavy atom. The third-order valence-corrected chi connectivity index (χ3v) is 4.61. The Kier molecular flexibility index (Phi) is 7.68. The first-order chi connectivity index (χ1) is 12.8. The molecule has 0 amide bonds. The van der Waals surface area contributed by atoms with E-state index < -0.39 is 6.10 Å². The minimum Gasteiger partial charge on any atom is -0.386 e. The molecule has 1 aromatic heterocycles. The van der Waals surface area contributed by atoms with Gasteiger partial charge in [-0.05, 0) is 18.9 Å². The molecule has 2 aromatic rings. The van der Waals surface area contributed by atoms with E-state index in [9.17, 15) is 5.11 Å². The largest absolute Gasteiger partial charge is 0.386 e. The summed E-state index contributed by atoms with van der Waals surface area (Å²) in [4.78, 5) is 6.65. The Morgan fingerprint density at radius 3 is 2.70 bits per heavy atom. The summed E-state index contributed by atoms with van der Waals surface area (Å²) >= 11 is 6.17. The monoisotopic (exact) mass is 391 g/mol. The number of halogens is 1. The molecule has 0 radical (unpaired) electrons. The Bertz CT molecular complexity index is 771. The number of benzene rings is 1. The highest BCUT2D eigenvalue weighted by Crippen LogP contribution is 2.23. The number of hydrogen-bond acceptors (Lipinski definition) is 3. The van der Waals surface area contributed by atoms with Crippen LogP contribution in [0.15, 0.2) is 35.5 Å². The molecule has 2 rings (SSSR count). The average molecular weight is 392 g/mol. The molecule has 2 N–H and O–H groups in total. The standard InChI is InChI=1S/C20H30ClN5O/c1-6-22-20(23-11-18(27)16-9-7-8-10-17(16)21)25(4)12-15-13-26(5)24-19(15)14(2)3/h7-10,13-14,18,27H,6,11-12H2,1-5H3,(H,22,23). The number of rotatable bonds is 7. The van der Waals surface area contributed by atoms with Crippen molar-refractivity contribution < 1.29 is 5.11 Å². The maximum atomic E-state index is 10.5. The lowest BCUT2D eigenvalue weighted by molar-refractivity contribution is 0.186. The molecule has 1 aromatic carbocycles. The van der Waals surface area contributed by atoms with Crippen molar-refractivity contribution in [3.05, 3.63) is 52.3 Å². The second-order valence-corrected chi connectivity index (χ2v) is 7.36. The van der Waals surface area contributed by atoms with Gasteiger partial charge in [0.15, 0.2) is 5.96 Å². The van der Waals surface area contributed by atoms with Gasteiger partial charge in [0.25, 0.3) is 0 Å². The van der Waals surface area contributed by atoms with Crippen LogP contribution in [0.25, 0.3) is 0 Å². The molecule has 0 aliphatic rings. The van der Waals surface area contributed by atoms with E-state index in [1.807, 2.05) is 55.0 Å². The summed E-state index contributed by atoms with van der Waals surface area (Å²) in [6.07, 6.45) is 1.30. The molecule has 148 valence electrons. The molecule has 1 atom stereocenters. The Balaban J connectivity index is 2.13. The maximum Gasteiger partial charge on any atom is 0.194 e. The zero-order valence-electron chi connectivity index (χ0n) is 16.8. The fraction of sp³-hybridized carbons (Fsp3) is 0.500. The summed E-state index contributed by atoms with van der Waals surface area (Å²) in [6.45, 7) is 7.99. The number of guanidine groups is 1. The Morgan fingerprint density at radius 2 is 2.07 bits per heavy atom. The molecule has 0 saturated heterocycles. The lowest BCUT2D eigenvalue weighted by Gasteiger charge is -2.23. The van der Waals surface area contributed by atoms with Crippen LogP contribution in [0.2, 0.25) is 5.02 Å². The topological polar surface area (TPSA) is 65.7 Å². The van der Waals surface area contributed by atoms with E-state index in [1.165, 1.54) is 5.56 Å². The van der Waals surface area contributed by atoms with Crippen LogP contribution in [0, 0.1) is 0 Å². The van der Waals surface area contributed by atoms with E-state index in [1.54, 1.807) is 6.07 Å². The van der Waals surface area contributed by atoms with Crippen LogP contribution in [0.4, 0.5) is 0 Å². The van der Waals surface area contributed by atoms with E-state index in [2.05, 4.69) is 29.3 Å². The zero-order valence-corrected chi connectivity index (χ0v) is 17.5. The highest BCUT2D eigenvalue weighted by atomic mass is 35.5. The van der Waals surface area contributed by atoms with Crippen LogP contribution in [0.1, 0.15) is 49.6 Å². The molecule has 7 heteroatoms. The van der Waals surface area contributed by atoms with Crippen molar-refractivity contribution in [1.82, 2.24) is 20.0 Å². The second-order valence-electron chi connectivity index (χ2n) is 6.96. The summed E-state index contributed by atoms with van der Waals surface area (Å²) in [5.74, 6) is 1.10. The lowest BCUT2D eigenvalue weighted by Crippen LogP contribution is -2.39. The van der Waals surface area contributed by atoms with Crippen molar-refractivity contribution in [3.8, 4) is 0 Å². The molecule has 0 aliphatic carbocycles. The molecular formula is C20H30ClN5O. The van der Waals surface area contributed by atoms with Crippen LogP contribution in [-0.2, 0) is 13.6 Å². The number of aliphatic hydroxyl groups is 1. The van der Waals surface area contributed by atoms with Gasteiger partial charge in [-0.15, -0.1) is 0 Å². The van der Waals surface area contributed by atoms with Crippen molar-refractivity contribution in [2.45, 2.75) is 39.3 Å². The van der Waals surface area contributed by atoms with Crippen LogP contribution in [0.5, 0.6) is 0 Å². The van der Waals surface area contributed by atoms with Gasteiger partial charge in [0, 0.05) is 49.5 Å². The second kappa shape index (κ2) is 9.76. The normalized spacial score (nSPS) is 13.1. The molecule has 0 fully saturated rings. The van der Waals surface area contributed by atoms with Gasteiger partial charge in [-0.1, -0.05) is 43.6 Å². The van der Waals surface area contributed by atoms with Gasteiger partial charge < -0.3 is 15.3 Å². The summed E-state index contributed by atoms with van der Waals surface area (Å²) in [6, 6.07) is 7.31. The fourth-order valence-corrected chi connectivity index (χ4v) is 3.24. The van der Waals surface area contributed by atoms with Gasteiger partial charge >= 0.3 is 0 Å². The van der Waals surface area contributed by atoms with Crippen molar-refractivity contribution >= 4 is 17.6 Å². The quantitative estimate of drug-likeness (QED) is 0.561. The van der Waals surface area contributed by atoms with Crippen LogP contribution >= 0.6 is 11.6 Å². The van der Waals surface area contributed by atoms with E-state index in [-0.39, 0.29) is 6.54 Å². The summed E-state index contributed by atoms with van der Waals surface area (Å²) in [7, 11) is 3.93. The molecule has 0 aliphatic heterocycles. The summed E-state index contributed by atoms with van der Waals surface area (Å²) < 4.78 is 1.85. The molecule has 6 nitrogen and oxygen atoms in total. The van der Waals surface area contributed by atoms with Crippen LogP contribution < -0.4 is 5.32 Å². The first kappa shape index (κ1) is 21.3. The average Bonchev–Trinajstić information content (AvgIpc) is 2.99. The van der Waals surface area contributed by atoms with Crippen molar-refractivity contribution in [2.75, 3.05) is 20.1 Å². The smallest absolute Gasteiger partial charge is 0.194 e. The number of nitrogens with zero attached hydrogens (tertiary/aromatic N) is 4. The van der Waals surface area contributed by atoms with Crippen molar-refractivity contribution in [3.63, 3.8) is 0 Å². The number of aliphatic hydroxyl groups excluding tert-OH is 1. The van der Waals surface area contributed by atoms with E-state index in [0.717, 1.165) is 18.2 Å². The van der Waals surface area contributed by atoms with Crippen molar-refractivity contribution in [2.24, 2.45) is 12.0 Å². The SMILES string of the molecule is CCNC(=NCC(O)c1ccccc1Cl)N(C)Cc1cn(C)nc1C(C)C. The Labute approximate surface area is 166 Å². The number of aliphatic imine (C=N–C) groups is 1. The predicted molar refractivity (Wildman–Crippen MR) is 111 cm³/mol. The summed E-state index contributed by atoms with van der Waals surface area (Å²) in [5, 5.41) is 18.9. The number of hydrogen-bond donors (Lipinski definition) is 2. The van der Waals surface area contributed by atoms with Gasteiger partial charge in [0.05, 0.1) is 12.2 Å². The Hall–Kier alpha value is -2.05. The molecule has 27 heavy (non-hydrogen) atoms. The first-order valence-electron chi connectivity index (χ1n) is 9.27. The fourth-order valence-electron chi connectivity index (χ4n) is 2.98. The molecule has 1 unspecified atom stereocenters. The van der Waals surface area contributed by atoms with Gasteiger partial charge in [-0.25, -0.2) is 0 Å².